The van der Waals surface area contributed by atoms with Gasteiger partial charge in [-0.05, 0) is 55.3 Å². The van der Waals surface area contributed by atoms with Gasteiger partial charge in [0.05, 0.1) is 24.6 Å². The van der Waals surface area contributed by atoms with Crippen molar-refractivity contribution in [3.05, 3.63) is 63.8 Å². The third kappa shape index (κ3) is 4.98. The fourth-order valence-electron chi connectivity index (χ4n) is 3.75. The monoisotopic (exact) mass is 451 g/mol. The van der Waals surface area contributed by atoms with E-state index >= 15 is 0 Å². The molecule has 1 heterocycles. The molecule has 0 amide bonds. The van der Waals surface area contributed by atoms with Crippen molar-refractivity contribution in [1.82, 2.24) is 4.57 Å². The van der Waals surface area contributed by atoms with Crippen LogP contribution in [0, 0.1) is 18.8 Å². The Kier molecular flexibility index (Phi) is 7.61. The molecule has 0 saturated carbocycles. The molecule has 0 bridgehead atoms. The van der Waals surface area contributed by atoms with Gasteiger partial charge in [-0.1, -0.05) is 43.2 Å². The maximum atomic E-state index is 13.4. The lowest BCUT2D eigenvalue weighted by Gasteiger charge is -2.09. The minimum absolute atomic E-state index is 0.200. The highest BCUT2D eigenvalue weighted by molar-refractivity contribution is 6.30. The van der Waals surface area contributed by atoms with Crippen molar-refractivity contribution in [1.29, 1.82) is 0 Å². The summed E-state index contributed by atoms with van der Waals surface area (Å²) in [6.45, 7) is 3.90. The second-order valence-corrected chi connectivity index (χ2v) is 8.05. The number of hydrogen-bond donors (Lipinski definition) is 1. The molecule has 0 spiro atoms. The number of aliphatic carboxylic acids is 1. The Morgan fingerprint density at radius 2 is 1.88 bits per heavy atom. The lowest BCUT2D eigenvalue weighted by Crippen LogP contribution is -2.14. The molecule has 32 heavy (non-hydrogen) atoms. The maximum Gasteiger partial charge on any atom is 0.307 e. The zero-order chi connectivity index (χ0) is 23.3. The molecule has 2 aromatic carbocycles. The van der Waals surface area contributed by atoms with Crippen LogP contribution in [0.25, 0.3) is 10.9 Å². The SMILES string of the molecule is CCCCCC#Cc1cc2c(cc1OC)c(CC(=O)O)c(C)n2C(=O)c1ccc(Cl)cc1. The molecular weight excluding hydrogens is 426 g/mol. The molecule has 0 radical (unpaired) electrons. The highest BCUT2D eigenvalue weighted by Crippen LogP contribution is 2.33. The van der Waals surface area contributed by atoms with Crippen LogP contribution in [0.15, 0.2) is 36.4 Å². The molecule has 1 N–H and O–H groups in total. The van der Waals surface area contributed by atoms with E-state index in [4.69, 9.17) is 16.3 Å². The molecular formula is C26H26ClNO4. The van der Waals surface area contributed by atoms with Crippen molar-refractivity contribution >= 4 is 34.4 Å². The van der Waals surface area contributed by atoms with Gasteiger partial charge in [0.15, 0.2) is 0 Å². The maximum absolute atomic E-state index is 13.4. The van der Waals surface area contributed by atoms with E-state index in [1.165, 1.54) is 0 Å². The first-order valence-electron chi connectivity index (χ1n) is 10.6. The van der Waals surface area contributed by atoms with Gasteiger partial charge in [-0.15, -0.1) is 0 Å². The molecule has 0 aliphatic rings. The number of rotatable bonds is 7. The number of methoxy groups -OCH3 is 1. The van der Waals surface area contributed by atoms with Crippen molar-refractivity contribution in [2.45, 2.75) is 46.0 Å². The molecule has 0 aliphatic heterocycles. The third-order valence-corrected chi connectivity index (χ3v) is 5.66. The van der Waals surface area contributed by atoms with Gasteiger partial charge in [0.1, 0.15) is 5.75 Å². The fourth-order valence-corrected chi connectivity index (χ4v) is 3.88. The van der Waals surface area contributed by atoms with E-state index in [1.807, 2.05) is 6.07 Å². The number of halogens is 1. The summed E-state index contributed by atoms with van der Waals surface area (Å²) in [6, 6.07) is 10.2. The van der Waals surface area contributed by atoms with Crippen molar-refractivity contribution in [3.63, 3.8) is 0 Å². The number of benzene rings is 2. The number of nitrogens with zero attached hydrogens (tertiary/aromatic N) is 1. The number of ether oxygens (including phenoxy) is 1. The summed E-state index contributed by atoms with van der Waals surface area (Å²) < 4.78 is 7.09. The topological polar surface area (TPSA) is 68.5 Å². The van der Waals surface area contributed by atoms with Gasteiger partial charge in [-0.3, -0.25) is 14.2 Å². The smallest absolute Gasteiger partial charge is 0.307 e. The summed E-state index contributed by atoms with van der Waals surface area (Å²) in [4.78, 5) is 24.9. The average molecular weight is 452 g/mol. The van der Waals surface area contributed by atoms with Crippen LogP contribution in [0.1, 0.15) is 59.8 Å². The lowest BCUT2D eigenvalue weighted by atomic mass is 10.0. The van der Waals surface area contributed by atoms with Gasteiger partial charge in [-0.2, -0.15) is 0 Å². The summed E-state index contributed by atoms with van der Waals surface area (Å²) >= 11 is 5.97. The summed E-state index contributed by atoms with van der Waals surface area (Å²) in [7, 11) is 1.56. The summed E-state index contributed by atoms with van der Waals surface area (Å²) in [6.07, 6.45) is 3.86. The number of aromatic nitrogens is 1. The highest BCUT2D eigenvalue weighted by Gasteiger charge is 2.23. The van der Waals surface area contributed by atoms with Gasteiger partial charge in [0.25, 0.3) is 5.91 Å². The van der Waals surface area contributed by atoms with Crippen LogP contribution >= 0.6 is 11.6 Å². The standard InChI is InChI=1S/C26H26ClNO4/c1-4-5-6-7-8-9-19-14-23-22(15-24(19)32-3)21(16-25(29)30)17(2)28(23)26(31)18-10-12-20(27)13-11-18/h10-15H,4-7,16H2,1-3H3,(H,29,30). The van der Waals surface area contributed by atoms with Gasteiger partial charge in [0.2, 0.25) is 0 Å². The number of hydrogen-bond acceptors (Lipinski definition) is 3. The molecule has 5 nitrogen and oxygen atoms in total. The first kappa shape index (κ1) is 23.4. The van der Waals surface area contributed by atoms with Crippen LogP contribution in [-0.2, 0) is 11.2 Å². The Morgan fingerprint density at radius 1 is 1.16 bits per heavy atom. The zero-order valence-electron chi connectivity index (χ0n) is 18.5. The minimum Gasteiger partial charge on any atom is -0.495 e. The molecule has 166 valence electrons. The predicted molar refractivity (Wildman–Crippen MR) is 127 cm³/mol. The van der Waals surface area contributed by atoms with Crippen LogP contribution < -0.4 is 4.74 Å². The van der Waals surface area contributed by atoms with Crippen LogP contribution in [0.3, 0.4) is 0 Å². The van der Waals surface area contributed by atoms with E-state index < -0.39 is 5.97 Å². The average Bonchev–Trinajstić information content (AvgIpc) is 3.03. The molecule has 3 rings (SSSR count). The molecule has 1 aromatic heterocycles. The van der Waals surface area contributed by atoms with Crippen molar-refractivity contribution in [2.75, 3.05) is 7.11 Å². The van der Waals surface area contributed by atoms with Gasteiger partial charge >= 0.3 is 5.97 Å². The van der Waals surface area contributed by atoms with Crippen LogP contribution in [0.2, 0.25) is 5.02 Å². The molecule has 3 aromatic rings. The van der Waals surface area contributed by atoms with E-state index in [0.29, 0.717) is 44.1 Å². The van der Waals surface area contributed by atoms with Crippen molar-refractivity contribution in [2.24, 2.45) is 0 Å². The minimum atomic E-state index is -0.968. The largest absolute Gasteiger partial charge is 0.495 e. The van der Waals surface area contributed by atoms with E-state index in [1.54, 1.807) is 48.9 Å². The Labute approximate surface area is 193 Å². The van der Waals surface area contributed by atoms with E-state index in [-0.39, 0.29) is 12.3 Å². The molecule has 0 atom stereocenters. The predicted octanol–water partition coefficient (Wildman–Crippen LogP) is 5.86. The quantitative estimate of drug-likeness (QED) is 0.361. The van der Waals surface area contributed by atoms with E-state index in [9.17, 15) is 14.7 Å². The molecule has 0 saturated heterocycles. The molecule has 0 aliphatic carbocycles. The van der Waals surface area contributed by atoms with Crippen molar-refractivity contribution < 1.29 is 19.4 Å². The second kappa shape index (κ2) is 10.4. The van der Waals surface area contributed by atoms with Crippen LogP contribution in [0.5, 0.6) is 5.75 Å². The number of carbonyl (C=O) groups is 2. The number of carboxylic acid groups (broad SMARTS) is 1. The second-order valence-electron chi connectivity index (χ2n) is 7.61. The molecule has 0 fully saturated rings. The van der Waals surface area contributed by atoms with Gasteiger partial charge in [0, 0.05) is 28.1 Å². The Morgan fingerprint density at radius 3 is 2.50 bits per heavy atom. The highest BCUT2D eigenvalue weighted by atomic mass is 35.5. The summed E-state index contributed by atoms with van der Waals surface area (Å²) in [5.41, 5.74) is 2.89. The fraction of sp³-hybridized carbons (Fsp3) is 0.308. The number of carboxylic acids is 1. The third-order valence-electron chi connectivity index (χ3n) is 5.41. The molecule has 0 unspecified atom stereocenters. The van der Waals surface area contributed by atoms with E-state index in [2.05, 4.69) is 18.8 Å². The Balaban J connectivity index is 2.19. The normalized spacial score (nSPS) is 10.6. The Hall–Kier alpha value is -3.23. The number of carbonyl (C=O) groups excluding carboxylic acids is 1. The molecule has 6 heteroatoms. The van der Waals surface area contributed by atoms with E-state index in [0.717, 1.165) is 25.7 Å². The van der Waals surface area contributed by atoms with Crippen LogP contribution in [0.4, 0.5) is 0 Å². The van der Waals surface area contributed by atoms with Crippen molar-refractivity contribution in [3.8, 4) is 17.6 Å². The first-order chi connectivity index (χ1) is 15.4. The number of unbranched alkanes of at least 4 members (excludes halogenated alkanes) is 3. The zero-order valence-corrected chi connectivity index (χ0v) is 19.3. The Bertz CT molecular complexity index is 1210. The first-order valence-corrected chi connectivity index (χ1v) is 11.0. The number of fused-ring (bicyclic) bond motifs is 1. The van der Waals surface area contributed by atoms with Gasteiger partial charge < -0.3 is 9.84 Å². The lowest BCUT2D eigenvalue weighted by molar-refractivity contribution is -0.136. The van der Waals surface area contributed by atoms with Crippen LogP contribution in [-0.4, -0.2) is 28.7 Å². The van der Waals surface area contributed by atoms with Gasteiger partial charge in [-0.25, -0.2) is 0 Å². The summed E-state index contributed by atoms with van der Waals surface area (Å²) in [5.74, 6) is 5.68. The summed E-state index contributed by atoms with van der Waals surface area (Å²) in [5, 5.41) is 10.7.